The fourth-order valence-corrected chi connectivity index (χ4v) is 7.68. The van der Waals surface area contributed by atoms with E-state index in [1.54, 1.807) is 6.07 Å². The molecular weight excluding hydrogens is 504 g/mol. The number of pyridine rings is 1. The molecule has 8 nitrogen and oxygen atoms in total. The van der Waals surface area contributed by atoms with Crippen molar-refractivity contribution in [1.82, 2.24) is 9.88 Å². The number of piperazine rings is 1. The second-order valence-corrected chi connectivity index (χ2v) is 12.3. The molecule has 1 aliphatic heterocycles. The number of carbonyl (C=O) groups excluding carboxylic acids is 2. The van der Waals surface area contributed by atoms with E-state index in [4.69, 9.17) is 0 Å². The fraction of sp³-hybridized carbons (Fsp3) is 0.594. The van der Waals surface area contributed by atoms with Gasteiger partial charge in [-0.15, -0.1) is 0 Å². The third-order valence-electron chi connectivity index (χ3n) is 9.98. The maximum absolute atomic E-state index is 13.8. The number of aromatic nitrogens is 1. The minimum absolute atomic E-state index is 0.127. The minimum atomic E-state index is -1.48. The normalized spacial score (nSPS) is 28.9. The van der Waals surface area contributed by atoms with Crippen molar-refractivity contribution in [2.45, 2.75) is 64.9 Å². The highest BCUT2D eigenvalue weighted by Crippen LogP contribution is 2.59. The number of aliphatic hydroxyl groups is 1. The summed E-state index contributed by atoms with van der Waals surface area (Å²) in [6, 6.07) is 9.40. The van der Waals surface area contributed by atoms with Gasteiger partial charge in [-0.3, -0.25) is 14.5 Å². The van der Waals surface area contributed by atoms with Gasteiger partial charge in [-0.25, -0.2) is 4.98 Å². The molecule has 1 saturated heterocycles. The van der Waals surface area contributed by atoms with Crippen LogP contribution in [-0.4, -0.2) is 76.5 Å². The summed E-state index contributed by atoms with van der Waals surface area (Å²) in [7, 11) is 0. The van der Waals surface area contributed by atoms with Crippen molar-refractivity contribution in [2.24, 2.45) is 17.3 Å². The van der Waals surface area contributed by atoms with Gasteiger partial charge in [0.2, 0.25) is 0 Å². The molecule has 3 N–H and O–H groups in total. The lowest BCUT2D eigenvalue weighted by Gasteiger charge is -2.48. The molecule has 0 radical (unpaired) electrons. The van der Waals surface area contributed by atoms with E-state index in [0.29, 0.717) is 12.8 Å². The van der Waals surface area contributed by atoms with E-state index in [1.165, 1.54) is 0 Å². The van der Waals surface area contributed by atoms with E-state index < -0.39 is 11.0 Å². The van der Waals surface area contributed by atoms with Gasteiger partial charge < -0.3 is 20.4 Å². The molecule has 8 heteroatoms. The van der Waals surface area contributed by atoms with Crippen molar-refractivity contribution in [2.75, 3.05) is 49.5 Å². The number of fused-ring (bicyclic) bond motifs is 1. The molecule has 4 atom stereocenters. The summed E-state index contributed by atoms with van der Waals surface area (Å²) in [5.74, 6) is 1.45. The van der Waals surface area contributed by atoms with Crippen LogP contribution in [-0.2, 0) is 16.0 Å². The Bertz CT molecular complexity index is 1240. The molecule has 2 aromatic rings. The molecule has 0 amide bonds. The number of rotatable bonds is 9. The number of nitrogens with one attached hydrogen (secondary N) is 1. The lowest BCUT2D eigenvalue weighted by Crippen LogP contribution is -2.58. The second-order valence-electron chi connectivity index (χ2n) is 12.3. The SMILES string of the molecule is CCNc1cccnc1N1CCN(CC(=O)[C@@]2(O)CCC3C(CCc4cc(O)ccc4C)CC(=O)CC32C)CC1. The molecule has 5 rings (SSSR count). The Morgan fingerprint density at radius 1 is 1.20 bits per heavy atom. The molecule has 3 aliphatic rings. The number of nitrogens with zero attached hydrogens (tertiary/aromatic N) is 3. The van der Waals surface area contributed by atoms with Gasteiger partial charge in [0.25, 0.3) is 0 Å². The molecule has 2 aliphatic carbocycles. The topological polar surface area (TPSA) is 106 Å². The van der Waals surface area contributed by atoms with Gasteiger partial charge in [-0.2, -0.15) is 0 Å². The first-order valence-electron chi connectivity index (χ1n) is 14.9. The first-order chi connectivity index (χ1) is 19.1. The Balaban J connectivity index is 1.23. The zero-order valence-corrected chi connectivity index (χ0v) is 24.2. The van der Waals surface area contributed by atoms with Crippen molar-refractivity contribution in [3.8, 4) is 5.75 Å². The van der Waals surface area contributed by atoms with Crippen LogP contribution < -0.4 is 10.2 Å². The summed E-state index contributed by atoms with van der Waals surface area (Å²) < 4.78 is 0. The summed E-state index contributed by atoms with van der Waals surface area (Å²) in [4.78, 5) is 35.8. The first kappa shape index (κ1) is 28.6. The van der Waals surface area contributed by atoms with Crippen molar-refractivity contribution in [3.05, 3.63) is 47.7 Å². The van der Waals surface area contributed by atoms with Crippen LogP contribution in [0.2, 0.25) is 0 Å². The van der Waals surface area contributed by atoms with Gasteiger partial charge in [-0.05, 0) is 86.8 Å². The summed E-state index contributed by atoms with van der Waals surface area (Å²) in [5.41, 5.74) is 1.01. The zero-order valence-electron chi connectivity index (χ0n) is 24.2. The number of ketones is 2. The van der Waals surface area contributed by atoms with E-state index in [0.717, 1.165) is 74.6 Å². The van der Waals surface area contributed by atoms with Gasteiger partial charge in [-0.1, -0.05) is 13.0 Å². The summed E-state index contributed by atoms with van der Waals surface area (Å²) >= 11 is 0. The molecule has 0 bridgehead atoms. The lowest BCUT2D eigenvalue weighted by atomic mass is 9.57. The van der Waals surface area contributed by atoms with Crippen molar-refractivity contribution in [1.29, 1.82) is 0 Å². The predicted octanol–water partition coefficient (Wildman–Crippen LogP) is 3.98. The van der Waals surface area contributed by atoms with Crippen molar-refractivity contribution >= 4 is 23.1 Å². The molecule has 2 saturated carbocycles. The number of phenols is 1. The average Bonchev–Trinajstić information content (AvgIpc) is 3.21. The molecule has 3 fully saturated rings. The van der Waals surface area contributed by atoms with Crippen molar-refractivity contribution in [3.63, 3.8) is 0 Å². The molecule has 216 valence electrons. The standard InChI is InChI=1S/C32H44N4O4/c1-4-33-28-6-5-13-34-30(28)36-16-14-35(15-17-36)21-29(39)32(40)12-11-27-24(19-26(38)20-31(27,32)3)9-8-23-18-25(37)10-7-22(23)2/h5-7,10,13,18,24,27,33,37,40H,4,8-9,11-12,14-17,19-21H2,1-3H3/t24?,27?,31?,32-/m0/s1. The van der Waals surface area contributed by atoms with E-state index in [-0.39, 0.29) is 42.1 Å². The smallest absolute Gasteiger partial charge is 0.178 e. The number of phenolic OH excluding ortho intramolecular Hbond substituents is 1. The largest absolute Gasteiger partial charge is 0.508 e. The maximum atomic E-state index is 13.8. The molecule has 0 spiro atoms. The molecule has 3 unspecified atom stereocenters. The number of carbonyl (C=O) groups is 2. The van der Waals surface area contributed by atoms with E-state index in [9.17, 15) is 19.8 Å². The van der Waals surface area contributed by atoms with Crippen molar-refractivity contribution < 1.29 is 19.8 Å². The Morgan fingerprint density at radius 2 is 1.98 bits per heavy atom. The van der Waals surface area contributed by atoms with E-state index >= 15 is 0 Å². The van der Waals surface area contributed by atoms with Crippen LogP contribution in [0.3, 0.4) is 0 Å². The van der Waals surface area contributed by atoms with Crippen LogP contribution in [0.15, 0.2) is 36.5 Å². The van der Waals surface area contributed by atoms with Gasteiger partial charge in [0.05, 0.1) is 12.2 Å². The molecule has 2 heterocycles. The number of benzene rings is 1. The number of aryl methyl sites for hydroxylation is 2. The quantitative estimate of drug-likeness (QED) is 0.432. The van der Waals surface area contributed by atoms with Gasteiger partial charge >= 0.3 is 0 Å². The second kappa shape index (κ2) is 11.5. The Labute approximate surface area is 237 Å². The van der Waals surface area contributed by atoms with Gasteiger partial charge in [0.15, 0.2) is 11.6 Å². The van der Waals surface area contributed by atoms with Crippen LogP contribution in [0.1, 0.15) is 57.1 Å². The third kappa shape index (κ3) is 5.36. The number of Topliss-reactive ketones (excluding diaryl/α,β-unsaturated/α-hetero) is 2. The number of aromatic hydroxyl groups is 1. The van der Waals surface area contributed by atoms with E-state index in [1.807, 2.05) is 44.3 Å². The monoisotopic (exact) mass is 548 g/mol. The van der Waals surface area contributed by atoms with Gasteiger partial charge in [0, 0.05) is 57.2 Å². The maximum Gasteiger partial charge on any atom is 0.178 e. The van der Waals surface area contributed by atoms with Crippen LogP contribution in [0, 0.1) is 24.2 Å². The van der Waals surface area contributed by atoms with E-state index in [2.05, 4.69) is 27.0 Å². The highest BCUT2D eigenvalue weighted by Gasteiger charge is 2.63. The molecule has 40 heavy (non-hydrogen) atoms. The van der Waals surface area contributed by atoms with Crippen LogP contribution in [0.25, 0.3) is 0 Å². The first-order valence-corrected chi connectivity index (χ1v) is 14.9. The average molecular weight is 549 g/mol. The fourth-order valence-electron chi connectivity index (χ4n) is 7.68. The summed E-state index contributed by atoms with van der Waals surface area (Å²) in [5, 5.41) is 25.3. The Kier molecular flexibility index (Phi) is 8.20. The molecular formula is C32H44N4O4. The van der Waals surface area contributed by atoms with Crippen LogP contribution in [0.4, 0.5) is 11.5 Å². The van der Waals surface area contributed by atoms with Gasteiger partial charge in [0.1, 0.15) is 17.1 Å². The molecule has 1 aromatic carbocycles. The van der Waals surface area contributed by atoms with Crippen LogP contribution >= 0.6 is 0 Å². The van der Waals surface area contributed by atoms with Crippen LogP contribution in [0.5, 0.6) is 5.75 Å². The number of anilines is 2. The molecule has 1 aromatic heterocycles. The third-order valence-corrected chi connectivity index (χ3v) is 9.98. The Morgan fingerprint density at radius 3 is 2.73 bits per heavy atom. The predicted molar refractivity (Wildman–Crippen MR) is 157 cm³/mol. The summed E-state index contributed by atoms with van der Waals surface area (Å²) in [6.07, 6.45) is 5.34. The highest BCUT2D eigenvalue weighted by molar-refractivity contribution is 5.92. The minimum Gasteiger partial charge on any atom is -0.508 e. The summed E-state index contributed by atoms with van der Waals surface area (Å²) in [6.45, 7) is 10.1. The Hall–Kier alpha value is -2.97. The zero-order chi connectivity index (χ0) is 28.5. The lowest BCUT2D eigenvalue weighted by molar-refractivity contribution is -0.160. The highest BCUT2D eigenvalue weighted by atomic mass is 16.3. The number of hydrogen-bond donors (Lipinski definition) is 3. The number of hydrogen-bond acceptors (Lipinski definition) is 8.